The summed E-state index contributed by atoms with van der Waals surface area (Å²) in [6.07, 6.45) is 4.37. The minimum absolute atomic E-state index is 0.103. The summed E-state index contributed by atoms with van der Waals surface area (Å²) in [5, 5.41) is 8.06. The van der Waals surface area contributed by atoms with Crippen molar-refractivity contribution in [3.05, 3.63) is 59.9 Å². The molecule has 0 aliphatic heterocycles. The molecule has 0 saturated heterocycles. The van der Waals surface area contributed by atoms with Crippen molar-refractivity contribution in [2.75, 3.05) is 10.6 Å². The molecule has 0 aromatic heterocycles. The molecule has 5 nitrogen and oxygen atoms in total. The zero-order valence-corrected chi connectivity index (χ0v) is 13.7. The van der Waals surface area contributed by atoms with E-state index in [1.807, 2.05) is 0 Å². The van der Waals surface area contributed by atoms with Crippen molar-refractivity contribution in [2.24, 2.45) is 0 Å². The first-order valence-electron chi connectivity index (χ1n) is 8.35. The summed E-state index contributed by atoms with van der Waals surface area (Å²) >= 11 is 0. The first kappa shape index (κ1) is 17.0. The molecule has 0 radical (unpaired) electrons. The smallest absolute Gasteiger partial charge is 0.323 e. The first-order chi connectivity index (χ1) is 12.1. The zero-order chi connectivity index (χ0) is 17.6. The number of halogens is 1. The molecule has 1 saturated carbocycles. The van der Waals surface area contributed by atoms with E-state index in [1.54, 1.807) is 36.4 Å². The third-order valence-corrected chi connectivity index (χ3v) is 4.22. The van der Waals surface area contributed by atoms with Gasteiger partial charge in [0.05, 0.1) is 5.69 Å². The monoisotopic (exact) mass is 341 g/mol. The number of carbonyl (C=O) groups excluding carboxylic acids is 2. The van der Waals surface area contributed by atoms with Gasteiger partial charge in [0.2, 0.25) is 0 Å². The van der Waals surface area contributed by atoms with Crippen LogP contribution in [0.5, 0.6) is 0 Å². The Morgan fingerprint density at radius 3 is 2.28 bits per heavy atom. The van der Waals surface area contributed by atoms with Gasteiger partial charge in [-0.1, -0.05) is 25.0 Å². The highest BCUT2D eigenvalue weighted by atomic mass is 19.1. The average Bonchev–Trinajstić information content (AvgIpc) is 3.10. The third kappa shape index (κ3) is 4.56. The van der Waals surface area contributed by atoms with Crippen molar-refractivity contribution >= 4 is 23.3 Å². The Hall–Kier alpha value is -2.89. The molecule has 130 valence electrons. The Bertz CT molecular complexity index is 756. The summed E-state index contributed by atoms with van der Waals surface area (Å²) < 4.78 is 13.5. The lowest BCUT2D eigenvalue weighted by atomic mass is 10.1. The predicted molar refractivity (Wildman–Crippen MR) is 95.2 cm³/mol. The van der Waals surface area contributed by atoms with Gasteiger partial charge in [-0.25, -0.2) is 9.18 Å². The predicted octanol–water partition coefficient (Wildman–Crippen LogP) is 4.14. The number of urea groups is 1. The maximum absolute atomic E-state index is 13.5. The van der Waals surface area contributed by atoms with Crippen LogP contribution in [-0.4, -0.2) is 18.0 Å². The number of benzene rings is 2. The SMILES string of the molecule is O=C(Nc1ccc(C(=O)NC2CCCC2)cc1)Nc1ccccc1F. The summed E-state index contributed by atoms with van der Waals surface area (Å²) in [5.41, 5.74) is 1.17. The minimum atomic E-state index is -0.548. The summed E-state index contributed by atoms with van der Waals surface area (Å²) in [5.74, 6) is -0.606. The van der Waals surface area contributed by atoms with Crippen LogP contribution in [0.2, 0.25) is 0 Å². The van der Waals surface area contributed by atoms with Crippen LogP contribution >= 0.6 is 0 Å². The fourth-order valence-electron chi connectivity index (χ4n) is 2.89. The zero-order valence-electron chi connectivity index (χ0n) is 13.7. The van der Waals surface area contributed by atoms with Gasteiger partial charge >= 0.3 is 6.03 Å². The van der Waals surface area contributed by atoms with E-state index in [-0.39, 0.29) is 17.6 Å². The van der Waals surface area contributed by atoms with Crippen LogP contribution in [0, 0.1) is 5.82 Å². The average molecular weight is 341 g/mol. The second-order valence-electron chi connectivity index (χ2n) is 6.09. The summed E-state index contributed by atoms with van der Waals surface area (Å²) in [7, 11) is 0. The van der Waals surface area contributed by atoms with Gasteiger partial charge in [0.25, 0.3) is 5.91 Å². The Labute approximate surface area is 145 Å². The van der Waals surface area contributed by atoms with Crippen molar-refractivity contribution in [2.45, 2.75) is 31.7 Å². The van der Waals surface area contributed by atoms with E-state index < -0.39 is 11.8 Å². The lowest BCUT2D eigenvalue weighted by molar-refractivity contribution is 0.0938. The molecular formula is C19H20FN3O2. The lowest BCUT2D eigenvalue weighted by Crippen LogP contribution is -2.32. The molecule has 0 spiro atoms. The molecule has 0 bridgehead atoms. The molecule has 0 heterocycles. The van der Waals surface area contributed by atoms with Gasteiger partial charge in [-0.05, 0) is 49.2 Å². The number of hydrogen-bond donors (Lipinski definition) is 3. The number of anilines is 2. The van der Waals surface area contributed by atoms with Crippen molar-refractivity contribution in [1.29, 1.82) is 0 Å². The van der Waals surface area contributed by atoms with E-state index in [4.69, 9.17) is 0 Å². The van der Waals surface area contributed by atoms with Crippen molar-refractivity contribution < 1.29 is 14.0 Å². The van der Waals surface area contributed by atoms with Crippen molar-refractivity contribution in [3.63, 3.8) is 0 Å². The first-order valence-corrected chi connectivity index (χ1v) is 8.35. The fourth-order valence-corrected chi connectivity index (χ4v) is 2.89. The maximum atomic E-state index is 13.5. The number of carbonyl (C=O) groups is 2. The second kappa shape index (κ2) is 7.79. The Kier molecular flexibility index (Phi) is 5.28. The van der Waals surface area contributed by atoms with E-state index in [1.165, 1.54) is 12.1 Å². The molecule has 6 heteroatoms. The van der Waals surface area contributed by atoms with E-state index in [2.05, 4.69) is 16.0 Å². The molecular weight excluding hydrogens is 321 g/mol. The largest absolute Gasteiger partial charge is 0.349 e. The molecule has 3 amide bonds. The van der Waals surface area contributed by atoms with Gasteiger partial charge in [-0.2, -0.15) is 0 Å². The van der Waals surface area contributed by atoms with Gasteiger partial charge in [0, 0.05) is 17.3 Å². The quantitative estimate of drug-likeness (QED) is 0.782. The molecule has 0 atom stereocenters. The van der Waals surface area contributed by atoms with Crippen LogP contribution in [0.15, 0.2) is 48.5 Å². The molecule has 1 aliphatic carbocycles. The molecule has 0 unspecified atom stereocenters. The highest BCUT2D eigenvalue weighted by molar-refractivity contribution is 6.00. The third-order valence-electron chi connectivity index (χ3n) is 4.22. The van der Waals surface area contributed by atoms with Gasteiger partial charge in [-0.3, -0.25) is 4.79 Å². The molecule has 25 heavy (non-hydrogen) atoms. The van der Waals surface area contributed by atoms with Gasteiger partial charge in [0.1, 0.15) is 5.82 Å². The second-order valence-corrected chi connectivity index (χ2v) is 6.09. The number of amides is 3. The van der Waals surface area contributed by atoms with Crippen LogP contribution < -0.4 is 16.0 Å². The van der Waals surface area contributed by atoms with E-state index >= 15 is 0 Å². The normalized spacial score (nSPS) is 14.1. The number of hydrogen-bond acceptors (Lipinski definition) is 2. The Morgan fingerprint density at radius 2 is 1.60 bits per heavy atom. The number of para-hydroxylation sites is 1. The highest BCUT2D eigenvalue weighted by Gasteiger charge is 2.17. The highest BCUT2D eigenvalue weighted by Crippen LogP contribution is 2.19. The van der Waals surface area contributed by atoms with Crippen molar-refractivity contribution in [1.82, 2.24) is 5.32 Å². The van der Waals surface area contributed by atoms with Crippen LogP contribution in [-0.2, 0) is 0 Å². The molecule has 2 aromatic carbocycles. The van der Waals surface area contributed by atoms with Crippen molar-refractivity contribution in [3.8, 4) is 0 Å². The Morgan fingerprint density at radius 1 is 0.920 bits per heavy atom. The molecule has 1 fully saturated rings. The molecule has 2 aromatic rings. The summed E-state index contributed by atoms with van der Waals surface area (Å²) in [6, 6.07) is 12.2. The van der Waals surface area contributed by atoms with Gasteiger partial charge in [-0.15, -0.1) is 0 Å². The van der Waals surface area contributed by atoms with Gasteiger partial charge < -0.3 is 16.0 Å². The maximum Gasteiger partial charge on any atom is 0.323 e. The van der Waals surface area contributed by atoms with Gasteiger partial charge in [0.15, 0.2) is 0 Å². The van der Waals surface area contributed by atoms with E-state index in [0.717, 1.165) is 25.7 Å². The molecule has 3 rings (SSSR count). The van der Waals surface area contributed by atoms with E-state index in [9.17, 15) is 14.0 Å². The van der Waals surface area contributed by atoms with E-state index in [0.29, 0.717) is 11.3 Å². The molecule has 3 N–H and O–H groups in total. The standard InChI is InChI=1S/C19H20FN3O2/c20-16-7-3-4-8-17(16)23-19(25)22-15-11-9-13(10-12-15)18(24)21-14-5-1-2-6-14/h3-4,7-12,14H,1-2,5-6H2,(H,21,24)(H2,22,23,25). The minimum Gasteiger partial charge on any atom is -0.349 e. The fraction of sp³-hybridized carbons (Fsp3) is 0.263. The Balaban J connectivity index is 1.55. The number of nitrogens with one attached hydrogen (secondary N) is 3. The molecule has 1 aliphatic rings. The summed E-state index contributed by atoms with van der Waals surface area (Å²) in [6.45, 7) is 0. The number of rotatable bonds is 4. The van der Waals surface area contributed by atoms with Crippen LogP contribution in [0.1, 0.15) is 36.0 Å². The lowest BCUT2D eigenvalue weighted by Gasteiger charge is -2.12. The topological polar surface area (TPSA) is 70.2 Å². The van der Waals surface area contributed by atoms with Crippen LogP contribution in [0.3, 0.4) is 0 Å². The summed E-state index contributed by atoms with van der Waals surface area (Å²) in [4.78, 5) is 24.1. The van der Waals surface area contributed by atoms with Crippen LogP contribution in [0.25, 0.3) is 0 Å². The van der Waals surface area contributed by atoms with Crippen LogP contribution in [0.4, 0.5) is 20.6 Å².